The van der Waals surface area contributed by atoms with Crippen LogP contribution >= 0.6 is 0 Å². The van der Waals surface area contributed by atoms with Crippen LogP contribution in [0.5, 0.6) is 0 Å². The van der Waals surface area contributed by atoms with Crippen molar-refractivity contribution in [1.29, 1.82) is 0 Å². The summed E-state index contributed by atoms with van der Waals surface area (Å²) >= 11 is 0. The summed E-state index contributed by atoms with van der Waals surface area (Å²) in [5, 5.41) is 10.7. The van der Waals surface area contributed by atoms with E-state index in [9.17, 15) is 5.11 Å². The van der Waals surface area contributed by atoms with E-state index in [1.807, 2.05) is 0 Å². The van der Waals surface area contributed by atoms with Crippen LogP contribution in [0.2, 0.25) is 0 Å². The summed E-state index contributed by atoms with van der Waals surface area (Å²) < 4.78 is 0. The molecule has 1 aliphatic carbocycles. The van der Waals surface area contributed by atoms with Crippen LogP contribution in [0.1, 0.15) is 59.8 Å². The van der Waals surface area contributed by atoms with Gasteiger partial charge >= 0.3 is 0 Å². The maximum atomic E-state index is 10.7. The van der Waals surface area contributed by atoms with E-state index < -0.39 is 0 Å². The molecule has 0 radical (unpaired) electrons. The highest BCUT2D eigenvalue weighted by Gasteiger charge is 2.41. The van der Waals surface area contributed by atoms with Gasteiger partial charge in [-0.3, -0.25) is 0 Å². The maximum absolute atomic E-state index is 10.7. The van der Waals surface area contributed by atoms with Crippen molar-refractivity contribution in [2.45, 2.75) is 65.4 Å². The van der Waals surface area contributed by atoms with Gasteiger partial charge in [0.15, 0.2) is 0 Å². The molecule has 14 heavy (non-hydrogen) atoms. The zero-order valence-corrected chi connectivity index (χ0v) is 10.2. The Bertz CT molecular complexity index is 176. The van der Waals surface area contributed by atoms with Crippen LogP contribution in [0.4, 0.5) is 0 Å². The molecule has 0 heterocycles. The van der Waals surface area contributed by atoms with Gasteiger partial charge in [0.1, 0.15) is 0 Å². The van der Waals surface area contributed by atoms with Crippen LogP contribution in [-0.4, -0.2) is 10.7 Å². The highest BCUT2D eigenvalue weighted by molar-refractivity contribution is 4.93. The van der Waals surface area contributed by atoms with E-state index in [0.29, 0.717) is 17.8 Å². The van der Waals surface area contributed by atoms with Crippen molar-refractivity contribution < 1.29 is 5.11 Å². The molecule has 0 aromatic carbocycles. The van der Waals surface area contributed by atoms with E-state index in [1.54, 1.807) is 0 Å². The van der Waals surface area contributed by atoms with Crippen LogP contribution in [-0.2, 0) is 0 Å². The van der Waals surface area contributed by atoms with Gasteiger partial charge in [-0.15, -0.1) is 0 Å². The molecule has 1 N–H and O–H groups in total. The maximum Gasteiger partial charge on any atom is 0.0680 e. The van der Waals surface area contributed by atoms with Gasteiger partial charge in [-0.2, -0.15) is 0 Å². The second kappa shape index (κ2) is 4.65. The SMILES string of the molecule is CCCC1(O)CC(C)CCC1C(C)C. The molecular weight excluding hydrogens is 172 g/mol. The minimum Gasteiger partial charge on any atom is -0.390 e. The van der Waals surface area contributed by atoms with Gasteiger partial charge in [0.05, 0.1) is 5.60 Å². The third kappa shape index (κ3) is 2.50. The Morgan fingerprint density at radius 2 is 2.00 bits per heavy atom. The van der Waals surface area contributed by atoms with Crippen LogP contribution in [0.15, 0.2) is 0 Å². The Morgan fingerprint density at radius 3 is 2.50 bits per heavy atom. The van der Waals surface area contributed by atoms with E-state index in [1.165, 1.54) is 12.8 Å². The molecule has 0 aromatic rings. The van der Waals surface area contributed by atoms with E-state index >= 15 is 0 Å². The smallest absolute Gasteiger partial charge is 0.0680 e. The van der Waals surface area contributed by atoms with Gasteiger partial charge in [0, 0.05) is 0 Å². The van der Waals surface area contributed by atoms with Crippen molar-refractivity contribution >= 4 is 0 Å². The largest absolute Gasteiger partial charge is 0.390 e. The zero-order chi connectivity index (χ0) is 10.8. The lowest BCUT2D eigenvalue weighted by Crippen LogP contribution is -2.45. The fourth-order valence-corrected chi connectivity index (χ4v) is 3.26. The Hall–Kier alpha value is -0.0400. The number of hydrogen-bond acceptors (Lipinski definition) is 1. The lowest BCUT2D eigenvalue weighted by atomic mass is 9.65. The lowest BCUT2D eigenvalue weighted by molar-refractivity contribution is -0.0861. The van der Waals surface area contributed by atoms with Gasteiger partial charge < -0.3 is 5.11 Å². The zero-order valence-electron chi connectivity index (χ0n) is 10.2. The average molecular weight is 198 g/mol. The predicted octanol–water partition coefficient (Wildman–Crippen LogP) is 3.61. The second-order valence-corrected chi connectivity index (χ2v) is 5.59. The monoisotopic (exact) mass is 198 g/mol. The van der Waals surface area contributed by atoms with Gasteiger partial charge in [-0.1, -0.05) is 40.5 Å². The van der Waals surface area contributed by atoms with Crippen LogP contribution < -0.4 is 0 Å². The molecule has 84 valence electrons. The van der Waals surface area contributed by atoms with Gasteiger partial charge in [0.2, 0.25) is 0 Å². The molecule has 0 bridgehead atoms. The average Bonchev–Trinajstić information content (AvgIpc) is 2.02. The highest BCUT2D eigenvalue weighted by atomic mass is 16.3. The first-order valence-electron chi connectivity index (χ1n) is 6.22. The molecule has 1 aliphatic rings. The lowest BCUT2D eigenvalue weighted by Gasteiger charge is -2.44. The van der Waals surface area contributed by atoms with E-state index in [0.717, 1.165) is 19.3 Å². The minimum atomic E-state index is -0.361. The van der Waals surface area contributed by atoms with E-state index in [-0.39, 0.29) is 5.60 Å². The van der Waals surface area contributed by atoms with Crippen molar-refractivity contribution in [3.8, 4) is 0 Å². The van der Waals surface area contributed by atoms with Crippen molar-refractivity contribution in [3.63, 3.8) is 0 Å². The van der Waals surface area contributed by atoms with Crippen molar-refractivity contribution in [1.82, 2.24) is 0 Å². The fraction of sp³-hybridized carbons (Fsp3) is 1.00. The number of hydrogen-bond donors (Lipinski definition) is 1. The summed E-state index contributed by atoms with van der Waals surface area (Å²) in [6.07, 6.45) is 5.63. The molecule has 0 spiro atoms. The molecule has 0 aliphatic heterocycles. The molecule has 1 fully saturated rings. The minimum absolute atomic E-state index is 0.361. The molecule has 3 atom stereocenters. The summed E-state index contributed by atoms with van der Waals surface area (Å²) in [7, 11) is 0. The van der Waals surface area contributed by atoms with Crippen molar-refractivity contribution in [2.75, 3.05) is 0 Å². The number of aliphatic hydroxyl groups is 1. The summed E-state index contributed by atoms with van der Waals surface area (Å²) in [5.74, 6) is 1.86. The Kier molecular flexibility index (Phi) is 4.00. The molecule has 3 unspecified atom stereocenters. The molecule has 1 rings (SSSR count). The molecule has 1 saturated carbocycles. The summed E-state index contributed by atoms with van der Waals surface area (Å²) in [4.78, 5) is 0. The predicted molar refractivity (Wildman–Crippen MR) is 61.2 cm³/mol. The van der Waals surface area contributed by atoms with Gasteiger partial charge in [0.25, 0.3) is 0 Å². The molecule has 0 amide bonds. The van der Waals surface area contributed by atoms with Crippen LogP contribution in [0, 0.1) is 17.8 Å². The third-order valence-corrected chi connectivity index (χ3v) is 3.85. The topological polar surface area (TPSA) is 20.2 Å². The van der Waals surface area contributed by atoms with Crippen molar-refractivity contribution in [2.24, 2.45) is 17.8 Å². The first-order chi connectivity index (χ1) is 6.49. The summed E-state index contributed by atoms with van der Waals surface area (Å²) in [5.41, 5.74) is -0.361. The van der Waals surface area contributed by atoms with Gasteiger partial charge in [-0.05, 0) is 37.0 Å². The molecule has 0 aromatic heterocycles. The Balaban J connectivity index is 2.72. The second-order valence-electron chi connectivity index (χ2n) is 5.59. The first kappa shape index (κ1) is 12.0. The highest BCUT2D eigenvalue weighted by Crippen LogP contribution is 2.43. The van der Waals surface area contributed by atoms with Crippen LogP contribution in [0.25, 0.3) is 0 Å². The summed E-state index contributed by atoms with van der Waals surface area (Å²) in [6.45, 7) is 8.95. The Labute approximate surface area is 88.9 Å². The first-order valence-corrected chi connectivity index (χ1v) is 6.22. The van der Waals surface area contributed by atoms with Crippen LogP contribution in [0.3, 0.4) is 0 Å². The molecular formula is C13H26O. The number of rotatable bonds is 3. The van der Waals surface area contributed by atoms with Gasteiger partial charge in [-0.25, -0.2) is 0 Å². The standard InChI is InChI=1S/C13H26O/c1-5-8-13(14)9-11(4)6-7-12(13)10(2)3/h10-12,14H,5-9H2,1-4H3. The molecule has 1 nitrogen and oxygen atoms in total. The Morgan fingerprint density at radius 1 is 1.36 bits per heavy atom. The molecule has 1 heteroatoms. The summed E-state index contributed by atoms with van der Waals surface area (Å²) in [6, 6.07) is 0. The fourth-order valence-electron chi connectivity index (χ4n) is 3.26. The molecule has 0 saturated heterocycles. The quantitative estimate of drug-likeness (QED) is 0.734. The van der Waals surface area contributed by atoms with E-state index in [4.69, 9.17) is 0 Å². The van der Waals surface area contributed by atoms with E-state index in [2.05, 4.69) is 27.7 Å². The third-order valence-electron chi connectivity index (χ3n) is 3.85. The van der Waals surface area contributed by atoms with Crippen molar-refractivity contribution in [3.05, 3.63) is 0 Å². The normalized spacial score (nSPS) is 39.0.